The predicted molar refractivity (Wildman–Crippen MR) is 154 cm³/mol. The Bertz CT molecular complexity index is 379. The van der Waals surface area contributed by atoms with Gasteiger partial charge < -0.3 is 131 Å². The molecule has 0 fully saturated rings. The van der Waals surface area contributed by atoms with E-state index >= 15 is 0 Å². The van der Waals surface area contributed by atoms with Gasteiger partial charge in [0.1, 0.15) is 39.3 Å². The molecule has 0 aliphatic carbocycles. The van der Waals surface area contributed by atoms with E-state index in [1.807, 2.05) is 4.93 Å². The lowest BCUT2D eigenvalue weighted by Crippen LogP contribution is -3.00. The van der Waals surface area contributed by atoms with Gasteiger partial charge in [-0.1, -0.05) is 29.0 Å². The van der Waals surface area contributed by atoms with E-state index in [-0.39, 0.29) is 95.9 Å². The second-order valence-corrected chi connectivity index (χ2v) is 12.2. The summed E-state index contributed by atoms with van der Waals surface area (Å²) >= 11 is 2.15. The van der Waals surface area contributed by atoms with Crippen molar-refractivity contribution in [2.75, 3.05) is 141 Å². The molecule has 0 unspecified atom stereocenters. The number of nitrogens with one attached hydrogen (secondary N) is 1. The maximum atomic E-state index is 5.33. The first-order valence-corrected chi connectivity index (χ1v) is 14.4. The van der Waals surface area contributed by atoms with Crippen LogP contribution in [-0.2, 0) is 0 Å². The van der Waals surface area contributed by atoms with Crippen molar-refractivity contribution in [2.24, 2.45) is 11.5 Å². The molecule has 0 heterocycles. The molecule has 0 saturated heterocycles. The van der Waals surface area contributed by atoms with Gasteiger partial charge in [-0.2, -0.15) is 0 Å². The Kier molecular flexibility index (Phi) is 48.1. The molecule has 0 bridgehead atoms. The number of alkyl halides is 1. The summed E-state index contributed by atoms with van der Waals surface area (Å²) < 4.78 is 4.37. The lowest BCUT2D eigenvalue weighted by Gasteiger charge is -2.38. The number of unbranched alkanes of at least 4 members (excludes halogenated alkanes) is 2. The monoisotopic (exact) mass is 1090 g/mol. The van der Waals surface area contributed by atoms with Crippen molar-refractivity contribution in [2.45, 2.75) is 19.3 Å². The van der Waals surface area contributed by atoms with Crippen LogP contribution in [0.4, 0.5) is 0 Å². The summed E-state index contributed by atoms with van der Waals surface area (Å²) in [6.45, 7) is 11.0. The molecule has 230 valence electrons. The Morgan fingerprint density at radius 2 is 0.806 bits per heavy atom. The molecule has 0 aromatic carbocycles. The van der Waals surface area contributed by atoms with Crippen molar-refractivity contribution in [1.29, 1.82) is 0 Å². The van der Waals surface area contributed by atoms with Crippen LogP contribution in [0.2, 0.25) is 0 Å². The van der Waals surface area contributed by atoms with Gasteiger partial charge >= 0.3 is 0 Å². The van der Waals surface area contributed by atoms with Crippen LogP contribution in [0.15, 0.2) is 0 Å². The molecule has 0 amide bonds. The minimum absolute atomic E-state index is 0. The topological polar surface area (TPSA) is 64.1 Å². The maximum Gasteiger partial charge on any atom is 0.128 e. The lowest BCUT2D eigenvalue weighted by molar-refractivity contribution is -0.974. The van der Waals surface area contributed by atoms with Gasteiger partial charge in [0.15, 0.2) is 0 Å². The Labute approximate surface area is 309 Å². The summed E-state index contributed by atoms with van der Waals surface area (Å²) in [5.41, 5.74) is 10.6. The number of hydrogen-bond acceptors (Lipinski definition) is 3. The largest absolute Gasteiger partial charge is 1.00 e. The molecule has 0 aromatic heterocycles. The standard InChI is InChI=1S/C16H42N4.C7H19N3.CH3I.4HI/c1-17(2,3)11-13-19(7,8)15-16-20(9,10)14-12-18(4,5)6;8-4-2-1-3-6-10-7-5-9;1-2;;;;/h11-16H2,1-10H3;10H,1-9H2;1H3;4*1H/q+4;;;;;;/p-4. The third-order valence-corrected chi connectivity index (χ3v) is 5.44. The van der Waals surface area contributed by atoms with Crippen LogP contribution in [-0.4, -0.2) is 159 Å². The number of hydrogen-bond donors (Lipinski definition) is 3. The third-order valence-electron chi connectivity index (χ3n) is 5.44. The molecule has 12 heteroatoms. The highest BCUT2D eigenvalue weighted by atomic mass is 127. The van der Waals surface area contributed by atoms with Gasteiger partial charge in [0.05, 0.1) is 70.5 Å². The zero-order chi connectivity index (χ0) is 25.9. The molecule has 0 rings (SSSR count). The summed E-state index contributed by atoms with van der Waals surface area (Å²) in [4.78, 5) is 1.97. The molecule has 0 aliphatic heterocycles. The van der Waals surface area contributed by atoms with Crippen LogP contribution in [0.3, 0.4) is 0 Å². The van der Waals surface area contributed by atoms with E-state index in [0.717, 1.165) is 50.5 Å². The highest BCUT2D eigenvalue weighted by Gasteiger charge is 2.26. The van der Waals surface area contributed by atoms with E-state index in [1.165, 1.54) is 52.1 Å². The summed E-state index contributed by atoms with van der Waals surface area (Å²) in [5, 5.41) is 3.23. The third kappa shape index (κ3) is 50.2. The normalized spacial score (nSPS) is 11.2. The van der Waals surface area contributed by atoms with E-state index < -0.39 is 0 Å². The molecule has 0 spiro atoms. The first-order valence-electron chi connectivity index (χ1n) is 12.3. The summed E-state index contributed by atoms with van der Waals surface area (Å²) in [7, 11) is 23.2. The van der Waals surface area contributed by atoms with Gasteiger partial charge in [0, 0.05) is 13.1 Å². The fourth-order valence-corrected chi connectivity index (χ4v) is 2.70. The van der Waals surface area contributed by atoms with Crippen LogP contribution < -0.4 is 113 Å². The Balaban J connectivity index is -0.0000000907. The molecular weight excluding hydrogens is 1020 g/mol. The summed E-state index contributed by atoms with van der Waals surface area (Å²) in [5.74, 6) is 0. The molecular formula is C24H64I5N7. The fourth-order valence-electron chi connectivity index (χ4n) is 2.70. The quantitative estimate of drug-likeness (QED) is 0.0625. The fraction of sp³-hybridized carbons (Fsp3) is 1.00. The second-order valence-electron chi connectivity index (χ2n) is 12.2. The molecule has 5 N–H and O–H groups in total. The average Bonchev–Trinajstić information content (AvgIpc) is 2.68. The number of nitrogens with zero attached hydrogens (tertiary/aromatic N) is 4. The Hall–Kier alpha value is 3.37. The molecule has 7 nitrogen and oxygen atoms in total. The maximum absolute atomic E-state index is 5.33. The van der Waals surface area contributed by atoms with Crippen LogP contribution in [0.5, 0.6) is 0 Å². The van der Waals surface area contributed by atoms with E-state index in [9.17, 15) is 0 Å². The predicted octanol–water partition coefficient (Wildman–Crippen LogP) is -10.7. The van der Waals surface area contributed by atoms with Crippen LogP contribution in [0.25, 0.3) is 0 Å². The van der Waals surface area contributed by atoms with Crippen molar-refractivity contribution >= 4 is 22.6 Å². The number of nitrogens with two attached hydrogens (primary N) is 2. The number of quaternary nitrogens is 4. The van der Waals surface area contributed by atoms with Gasteiger partial charge in [0.2, 0.25) is 0 Å². The van der Waals surface area contributed by atoms with Crippen molar-refractivity contribution in [3.05, 3.63) is 0 Å². The van der Waals surface area contributed by atoms with E-state index in [0.29, 0.717) is 0 Å². The van der Waals surface area contributed by atoms with Gasteiger partial charge in [-0.15, -0.1) is 0 Å². The van der Waals surface area contributed by atoms with Gasteiger partial charge in [-0.25, -0.2) is 0 Å². The first-order chi connectivity index (χ1) is 14.5. The average molecular weight is 1090 g/mol. The highest BCUT2D eigenvalue weighted by Crippen LogP contribution is 2.05. The first kappa shape index (κ1) is 55.3. The minimum atomic E-state index is 0. The van der Waals surface area contributed by atoms with Crippen molar-refractivity contribution in [1.82, 2.24) is 5.32 Å². The van der Waals surface area contributed by atoms with E-state index in [1.54, 1.807) is 0 Å². The van der Waals surface area contributed by atoms with Crippen LogP contribution >= 0.6 is 22.6 Å². The van der Waals surface area contributed by atoms with Crippen molar-refractivity contribution in [3.63, 3.8) is 0 Å². The summed E-state index contributed by atoms with van der Waals surface area (Å²) in [6, 6.07) is 0. The Morgan fingerprint density at radius 1 is 0.472 bits per heavy atom. The van der Waals surface area contributed by atoms with Gasteiger partial charge in [0.25, 0.3) is 0 Å². The van der Waals surface area contributed by atoms with E-state index in [4.69, 9.17) is 11.5 Å². The molecule has 0 radical (unpaired) electrons. The molecule has 36 heavy (non-hydrogen) atoms. The number of rotatable bonds is 16. The van der Waals surface area contributed by atoms with Crippen molar-refractivity contribution in [3.8, 4) is 0 Å². The smallest absolute Gasteiger partial charge is 0.128 e. The van der Waals surface area contributed by atoms with Crippen LogP contribution in [0.1, 0.15) is 19.3 Å². The molecule has 0 aromatic rings. The zero-order valence-electron chi connectivity index (χ0n) is 25.5. The molecule has 0 saturated carbocycles. The SMILES string of the molecule is CI.C[N+](C)(C)CC[N+](C)(C)CC[N+](C)(C)CC[N+](C)(C)C.NCCCCCNCCN.[I-].[I-].[I-].[I-]. The zero-order valence-corrected chi connectivity index (χ0v) is 36.3. The minimum Gasteiger partial charge on any atom is -1.00 e. The highest BCUT2D eigenvalue weighted by molar-refractivity contribution is 14.1. The van der Waals surface area contributed by atoms with Gasteiger partial charge in [-0.05, 0) is 30.9 Å². The number of halogens is 5. The van der Waals surface area contributed by atoms with Crippen LogP contribution in [0, 0.1) is 0 Å². The Morgan fingerprint density at radius 3 is 1.08 bits per heavy atom. The number of likely N-dealkylation sites (N-methyl/N-ethyl adjacent to an activating group) is 4. The van der Waals surface area contributed by atoms with Crippen molar-refractivity contribution < 1.29 is 114 Å². The van der Waals surface area contributed by atoms with Gasteiger partial charge in [-0.3, -0.25) is 0 Å². The molecule has 0 atom stereocenters. The summed E-state index contributed by atoms with van der Waals surface area (Å²) in [6.07, 6.45) is 3.59. The molecule has 0 aliphatic rings. The second kappa shape index (κ2) is 31.3. The lowest BCUT2D eigenvalue weighted by atomic mass is 10.2. The van der Waals surface area contributed by atoms with E-state index in [2.05, 4.69) is 98.4 Å².